The highest BCUT2D eigenvalue weighted by Crippen LogP contribution is 2.34. The lowest BCUT2D eigenvalue weighted by atomic mass is 10.2. The van der Waals surface area contributed by atoms with Gasteiger partial charge in [0.1, 0.15) is 5.56 Å². The maximum Gasteiger partial charge on any atom is 0.574 e. The van der Waals surface area contributed by atoms with Crippen LogP contribution in [-0.2, 0) is 0 Å². The van der Waals surface area contributed by atoms with Gasteiger partial charge in [-0.3, -0.25) is 4.79 Å². The van der Waals surface area contributed by atoms with Crippen molar-refractivity contribution in [3.05, 3.63) is 15.3 Å². The molecule has 1 rings (SSSR count). The van der Waals surface area contributed by atoms with Crippen molar-refractivity contribution in [1.82, 2.24) is 4.98 Å². The zero-order chi connectivity index (χ0) is 13.2. The van der Waals surface area contributed by atoms with Crippen LogP contribution in [0.5, 0.6) is 11.6 Å². The molecule has 1 aromatic rings. The average Bonchev–Trinajstić information content (AvgIpc) is 2.17. The number of rotatable bonds is 3. The summed E-state index contributed by atoms with van der Waals surface area (Å²) in [6.45, 7) is 0. The Balaban J connectivity index is 3.36. The molecule has 0 radical (unpaired) electrons. The molecule has 0 fully saturated rings. The number of ether oxygens (including phenoxy) is 2. The molecule has 0 aliphatic carbocycles. The predicted octanol–water partition coefficient (Wildman–Crippen LogP) is 2.97. The van der Waals surface area contributed by atoms with E-state index in [1.54, 1.807) is 22.6 Å². The molecule has 0 bridgehead atoms. The van der Waals surface area contributed by atoms with Crippen LogP contribution in [0.15, 0.2) is 6.20 Å². The Kier molecular flexibility index (Phi) is 4.42. The van der Waals surface area contributed by atoms with Gasteiger partial charge in [0.15, 0.2) is 5.75 Å². The number of hydrogen-bond donors (Lipinski definition) is 0. The van der Waals surface area contributed by atoms with E-state index in [9.17, 15) is 18.0 Å². The zero-order valence-electron chi connectivity index (χ0n) is 8.14. The van der Waals surface area contributed by atoms with Crippen LogP contribution < -0.4 is 9.47 Å². The predicted molar refractivity (Wildman–Crippen MR) is 60.4 cm³/mol. The minimum absolute atomic E-state index is 0.111. The molecule has 1 aromatic heterocycles. The van der Waals surface area contributed by atoms with Gasteiger partial charge in [0.25, 0.3) is 5.24 Å². The molecule has 17 heavy (non-hydrogen) atoms. The lowest BCUT2D eigenvalue weighted by Crippen LogP contribution is -2.20. The third kappa shape index (κ3) is 3.60. The number of carbonyl (C=O) groups is 1. The summed E-state index contributed by atoms with van der Waals surface area (Å²) in [5, 5.41) is -1.15. The van der Waals surface area contributed by atoms with Gasteiger partial charge in [0.05, 0.1) is 10.7 Å². The summed E-state index contributed by atoms with van der Waals surface area (Å²) in [5.41, 5.74) is -0.557. The standard InChI is InChI=1S/C8H4ClF3INO3/c1-16-5-3(13)2-14-7(4(5)6(9)15)17-8(10,11)12/h2H,1H3. The van der Waals surface area contributed by atoms with Crippen molar-refractivity contribution in [1.29, 1.82) is 0 Å². The average molecular weight is 381 g/mol. The molecule has 0 unspecified atom stereocenters. The third-order valence-corrected chi connectivity index (χ3v) is 2.52. The van der Waals surface area contributed by atoms with Gasteiger partial charge in [0, 0.05) is 6.20 Å². The number of carbonyl (C=O) groups excluding carboxylic acids is 1. The Bertz CT molecular complexity index is 452. The fourth-order valence-corrected chi connectivity index (χ4v) is 1.81. The first-order valence-electron chi connectivity index (χ1n) is 3.94. The molecular weight excluding hydrogens is 377 g/mol. The van der Waals surface area contributed by atoms with Crippen LogP contribution in [-0.4, -0.2) is 23.7 Å². The molecule has 0 saturated heterocycles. The van der Waals surface area contributed by atoms with E-state index in [0.29, 0.717) is 3.57 Å². The SMILES string of the molecule is COc1c(I)cnc(OC(F)(F)F)c1C(=O)Cl. The van der Waals surface area contributed by atoms with Gasteiger partial charge in [-0.1, -0.05) is 0 Å². The van der Waals surface area contributed by atoms with Crippen LogP contribution in [0.3, 0.4) is 0 Å². The Morgan fingerprint density at radius 1 is 1.53 bits per heavy atom. The van der Waals surface area contributed by atoms with Crippen molar-refractivity contribution in [3.63, 3.8) is 0 Å². The Morgan fingerprint density at radius 3 is 2.53 bits per heavy atom. The summed E-state index contributed by atoms with van der Waals surface area (Å²) in [6, 6.07) is 0. The Hall–Kier alpha value is -0.770. The highest BCUT2D eigenvalue weighted by molar-refractivity contribution is 14.1. The fourth-order valence-electron chi connectivity index (χ4n) is 1.01. The Morgan fingerprint density at radius 2 is 2.12 bits per heavy atom. The second-order valence-corrected chi connectivity index (χ2v) is 4.15. The van der Waals surface area contributed by atoms with E-state index in [1.165, 1.54) is 7.11 Å². The number of pyridine rings is 1. The highest BCUT2D eigenvalue weighted by atomic mass is 127. The van der Waals surface area contributed by atoms with E-state index in [2.05, 4.69) is 9.72 Å². The Labute approximate surface area is 112 Å². The molecule has 0 spiro atoms. The number of methoxy groups -OCH3 is 1. The minimum atomic E-state index is -4.97. The topological polar surface area (TPSA) is 48.4 Å². The largest absolute Gasteiger partial charge is 0.574 e. The molecule has 94 valence electrons. The van der Waals surface area contributed by atoms with Crippen LogP contribution in [0.25, 0.3) is 0 Å². The molecule has 0 aromatic carbocycles. The molecular formula is C8H4ClF3INO3. The van der Waals surface area contributed by atoms with Crippen molar-refractivity contribution in [2.24, 2.45) is 0 Å². The van der Waals surface area contributed by atoms with Crippen LogP contribution >= 0.6 is 34.2 Å². The maximum absolute atomic E-state index is 12.1. The molecule has 0 atom stereocenters. The lowest BCUT2D eigenvalue weighted by Gasteiger charge is -2.13. The summed E-state index contributed by atoms with van der Waals surface area (Å²) in [6.07, 6.45) is -3.89. The first-order chi connectivity index (χ1) is 7.76. The van der Waals surface area contributed by atoms with Crippen molar-refractivity contribution < 1.29 is 27.4 Å². The molecule has 1 heterocycles. The normalized spacial score (nSPS) is 11.2. The summed E-state index contributed by atoms with van der Waals surface area (Å²) in [4.78, 5) is 14.4. The van der Waals surface area contributed by atoms with Gasteiger partial charge in [-0.15, -0.1) is 13.2 Å². The first kappa shape index (κ1) is 14.3. The van der Waals surface area contributed by atoms with Gasteiger partial charge in [0.2, 0.25) is 5.88 Å². The molecule has 0 N–H and O–H groups in total. The van der Waals surface area contributed by atoms with E-state index in [-0.39, 0.29) is 5.75 Å². The van der Waals surface area contributed by atoms with Crippen molar-refractivity contribution in [3.8, 4) is 11.6 Å². The third-order valence-electron chi connectivity index (χ3n) is 1.57. The van der Waals surface area contributed by atoms with Crippen molar-refractivity contribution >= 4 is 39.4 Å². The second-order valence-electron chi connectivity index (χ2n) is 2.64. The smallest absolute Gasteiger partial charge is 0.495 e. The van der Waals surface area contributed by atoms with E-state index in [1.807, 2.05) is 0 Å². The molecule has 0 saturated carbocycles. The monoisotopic (exact) mass is 381 g/mol. The minimum Gasteiger partial charge on any atom is -0.495 e. The van der Waals surface area contributed by atoms with E-state index >= 15 is 0 Å². The number of halogens is 5. The molecule has 9 heteroatoms. The maximum atomic E-state index is 12.1. The quantitative estimate of drug-likeness (QED) is 0.597. The summed E-state index contributed by atoms with van der Waals surface area (Å²) >= 11 is 6.92. The summed E-state index contributed by atoms with van der Waals surface area (Å²) in [7, 11) is 1.19. The highest BCUT2D eigenvalue weighted by Gasteiger charge is 2.35. The van der Waals surface area contributed by atoms with Crippen LogP contribution in [0.1, 0.15) is 10.4 Å². The number of aromatic nitrogens is 1. The van der Waals surface area contributed by atoms with Crippen LogP contribution in [0.4, 0.5) is 13.2 Å². The van der Waals surface area contributed by atoms with E-state index in [4.69, 9.17) is 16.3 Å². The van der Waals surface area contributed by atoms with Gasteiger partial charge in [-0.2, -0.15) is 0 Å². The van der Waals surface area contributed by atoms with Crippen molar-refractivity contribution in [2.75, 3.05) is 7.11 Å². The molecule has 0 amide bonds. The number of nitrogens with zero attached hydrogens (tertiary/aromatic N) is 1. The summed E-state index contributed by atoms with van der Waals surface area (Å²) in [5.74, 6) is -1.05. The van der Waals surface area contributed by atoms with Gasteiger partial charge in [-0.25, -0.2) is 4.98 Å². The van der Waals surface area contributed by atoms with Crippen LogP contribution in [0.2, 0.25) is 0 Å². The first-order valence-corrected chi connectivity index (χ1v) is 5.40. The second kappa shape index (κ2) is 5.25. The van der Waals surface area contributed by atoms with Gasteiger partial charge in [-0.05, 0) is 34.2 Å². The van der Waals surface area contributed by atoms with Crippen LogP contribution in [0, 0.1) is 3.57 Å². The van der Waals surface area contributed by atoms with Gasteiger partial charge >= 0.3 is 6.36 Å². The van der Waals surface area contributed by atoms with Crippen molar-refractivity contribution in [2.45, 2.75) is 6.36 Å². The van der Waals surface area contributed by atoms with E-state index < -0.39 is 23.0 Å². The molecule has 0 aliphatic heterocycles. The fraction of sp³-hybridized carbons (Fsp3) is 0.250. The van der Waals surface area contributed by atoms with E-state index in [0.717, 1.165) is 6.20 Å². The molecule has 0 aliphatic rings. The van der Waals surface area contributed by atoms with Gasteiger partial charge < -0.3 is 9.47 Å². The number of hydrogen-bond acceptors (Lipinski definition) is 4. The number of alkyl halides is 3. The summed E-state index contributed by atoms with van der Waals surface area (Å²) < 4.78 is 44.9. The zero-order valence-corrected chi connectivity index (χ0v) is 11.1. The molecule has 4 nitrogen and oxygen atoms in total. The lowest BCUT2D eigenvalue weighted by molar-refractivity contribution is -0.276.